The van der Waals surface area contributed by atoms with Crippen LogP contribution in [0.15, 0.2) is 53.4 Å². The summed E-state index contributed by atoms with van der Waals surface area (Å²) in [5.41, 5.74) is 1.22. The molecule has 0 amide bonds. The van der Waals surface area contributed by atoms with Crippen LogP contribution >= 0.6 is 0 Å². The number of phenols is 1. The number of rotatable bonds is 4. The maximum Gasteiger partial charge on any atom is 0.243 e. The summed E-state index contributed by atoms with van der Waals surface area (Å²) in [7, 11) is -2.16. The van der Waals surface area contributed by atoms with E-state index in [-0.39, 0.29) is 17.2 Å². The van der Waals surface area contributed by atoms with Crippen LogP contribution in [0.1, 0.15) is 11.1 Å². The predicted octanol–water partition coefficient (Wildman–Crippen LogP) is 2.08. The molecule has 0 radical (unpaired) electrons. The lowest BCUT2D eigenvalue weighted by Gasteiger charge is -2.17. The predicted molar refractivity (Wildman–Crippen MR) is 77.9 cm³/mol. The van der Waals surface area contributed by atoms with Crippen molar-refractivity contribution in [1.82, 2.24) is 4.31 Å². The Balaban J connectivity index is 2.24. The van der Waals surface area contributed by atoms with Gasteiger partial charge >= 0.3 is 0 Å². The molecule has 21 heavy (non-hydrogen) atoms. The van der Waals surface area contributed by atoms with E-state index in [2.05, 4.69) is 0 Å². The average molecular weight is 302 g/mol. The van der Waals surface area contributed by atoms with Crippen molar-refractivity contribution in [1.29, 1.82) is 5.26 Å². The highest BCUT2D eigenvalue weighted by atomic mass is 32.2. The second-order valence-electron chi connectivity index (χ2n) is 4.57. The summed E-state index contributed by atoms with van der Waals surface area (Å²) in [5.74, 6) is 0.0123. The van der Waals surface area contributed by atoms with Crippen LogP contribution in [-0.4, -0.2) is 24.9 Å². The lowest BCUT2D eigenvalue weighted by molar-refractivity contribution is 0.464. The Hall–Kier alpha value is -2.36. The van der Waals surface area contributed by atoms with E-state index < -0.39 is 10.0 Å². The van der Waals surface area contributed by atoms with Gasteiger partial charge in [-0.15, -0.1) is 0 Å². The van der Waals surface area contributed by atoms with E-state index in [0.29, 0.717) is 5.56 Å². The Labute approximate surface area is 123 Å². The van der Waals surface area contributed by atoms with Crippen LogP contribution in [0.25, 0.3) is 0 Å². The molecule has 2 rings (SSSR count). The Kier molecular flexibility index (Phi) is 4.26. The van der Waals surface area contributed by atoms with Crippen LogP contribution in [0, 0.1) is 11.3 Å². The number of benzene rings is 2. The average Bonchev–Trinajstić information content (AvgIpc) is 2.48. The number of hydrogen-bond donors (Lipinski definition) is 1. The summed E-state index contributed by atoms with van der Waals surface area (Å²) in [4.78, 5) is 0.110. The molecule has 0 unspecified atom stereocenters. The Morgan fingerprint density at radius 1 is 1.19 bits per heavy atom. The molecule has 0 saturated heterocycles. The zero-order valence-electron chi connectivity index (χ0n) is 11.4. The van der Waals surface area contributed by atoms with Crippen molar-refractivity contribution in [2.75, 3.05) is 7.05 Å². The first-order valence-electron chi connectivity index (χ1n) is 6.18. The fourth-order valence-corrected chi connectivity index (χ4v) is 3.04. The minimum atomic E-state index is -3.63. The molecule has 0 atom stereocenters. The van der Waals surface area contributed by atoms with Crippen molar-refractivity contribution < 1.29 is 13.5 Å². The van der Waals surface area contributed by atoms with Crippen molar-refractivity contribution in [2.24, 2.45) is 0 Å². The van der Waals surface area contributed by atoms with Gasteiger partial charge in [0, 0.05) is 13.6 Å². The summed E-state index contributed by atoms with van der Waals surface area (Å²) >= 11 is 0. The maximum atomic E-state index is 12.4. The Morgan fingerprint density at radius 3 is 2.48 bits per heavy atom. The molecule has 0 heterocycles. The molecule has 0 saturated carbocycles. The lowest BCUT2D eigenvalue weighted by Crippen LogP contribution is -2.26. The molecule has 0 fully saturated rings. The van der Waals surface area contributed by atoms with E-state index in [4.69, 9.17) is 5.26 Å². The van der Waals surface area contributed by atoms with E-state index in [1.165, 1.54) is 35.6 Å². The Morgan fingerprint density at radius 2 is 1.86 bits per heavy atom. The third kappa shape index (κ3) is 3.40. The van der Waals surface area contributed by atoms with Gasteiger partial charge in [-0.05, 0) is 42.0 Å². The zero-order chi connectivity index (χ0) is 15.5. The fourth-order valence-electron chi connectivity index (χ4n) is 1.88. The Bertz CT molecular complexity index is 777. The molecule has 2 aromatic carbocycles. The normalized spacial score (nSPS) is 11.3. The second-order valence-corrected chi connectivity index (χ2v) is 6.61. The smallest absolute Gasteiger partial charge is 0.243 e. The van der Waals surface area contributed by atoms with Gasteiger partial charge in [0.05, 0.1) is 16.5 Å². The SMILES string of the molecule is CN(Cc1cccc(C#N)c1)S(=O)(=O)c1ccc(O)cc1. The highest BCUT2D eigenvalue weighted by molar-refractivity contribution is 7.89. The minimum absolute atomic E-state index is 0.0123. The zero-order valence-corrected chi connectivity index (χ0v) is 12.2. The fraction of sp³-hybridized carbons (Fsp3) is 0.133. The monoisotopic (exact) mass is 302 g/mol. The van der Waals surface area contributed by atoms with Crippen molar-refractivity contribution in [3.05, 3.63) is 59.7 Å². The summed E-state index contributed by atoms with van der Waals surface area (Å²) in [5, 5.41) is 18.1. The quantitative estimate of drug-likeness (QED) is 0.937. The summed E-state index contributed by atoms with van der Waals surface area (Å²) in [6, 6.07) is 14.2. The van der Waals surface area contributed by atoms with E-state index >= 15 is 0 Å². The van der Waals surface area contributed by atoms with Gasteiger partial charge in [0.2, 0.25) is 10.0 Å². The van der Waals surface area contributed by atoms with Crippen molar-refractivity contribution in [3.8, 4) is 11.8 Å². The standard InChI is InChI=1S/C15H14N2O3S/c1-17(11-13-4-2-3-12(9-13)10-16)21(19,20)15-7-5-14(18)6-8-15/h2-9,18H,11H2,1H3. The van der Waals surface area contributed by atoms with Crippen molar-refractivity contribution >= 4 is 10.0 Å². The van der Waals surface area contributed by atoms with Crippen LogP contribution in [0.4, 0.5) is 0 Å². The number of sulfonamides is 1. The van der Waals surface area contributed by atoms with Crippen LogP contribution in [0.5, 0.6) is 5.75 Å². The maximum absolute atomic E-state index is 12.4. The van der Waals surface area contributed by atoms with Gasteiger partial charge in [0.25, 0.3) is 0 Å². The van der Waals surface area contributed by atoms with Gasteiger partial charge in [-0.2, -0.15) is 9.57 Å². The molecule has 0 aliphatic rings. The third-order valence-corrected chi connectivity index (χ3v) is 4.82. The van der Waals surface area contributed by atoms with E-state index in [1.807, 2.05) is 6.07 Å². The number of phenolic OH excluding ortho intramolecular Hbond substituents is 1. The van der Waals surface area contributed by atoms with E-state index in [0.717, 1.165) is 5.56 Å². The molecule has 1 N–H and O–H groups in total. The molecule has 0 spiro atoms. The molecule has 0 aromatic heterocycles. The molecular weight excluding hydrogens is 288 g/mol. The van der Waals surface area contributed by atoms with Crippen LogP contribution in [0.3, 0.4) is 0 Å². The van der Waals surface area contributed by atoms with Crippen LogP contribution in [0.2, 0.25) is 0 Å². The molecular formula is C15H14N2O3S. The first kappa shape index (κ1) is 15.0. The van der Waals surface area contributed by atoms with Crippen molar-refractivity contribution in [3.63, 3.8) is 0 Å². The number of aromatic hydroxyl groups is 1. The first-order valence-corrected chi connectivity index (χ1v) is 7.62. The number of hydrogen-bond acceptors (Lipinski definition) is 4. The van der Waals surface area contributed by atoms with E-state index in [1.54, 1.807) is 24.3 Å². The molecule has 0 aliphatic heterocycles. The largest absolute Gasteiger partial charge is 0.508 e. The van der Waals surface area contributed by atoms with Crippen LogP contribution < -0.4 is 0 Å². The minimum Gasteiger partial charge on any atom is -0.508 e. The summed E-state index contributed by atoms with van der Waals surface area (Å²) < 4.78 is 26.0. The number of nitrogens with zero attached hydrogens (tertiary/aromatic N) is 2. The third-order valence-electron chi connectivity index (χ3n) is 3.01. The molecule has 6 heteroatoms. The lowest BCUT2D eigenvalue weighted by atomic mass is 10.1. The molecule has 0 aliphatic carbocycles. The molecule has 2 aromatic rings. The van der Waals surface area contributed by atoms with Crippen molar-refractivity contribution in [2.45, 2.75) is 11.4 Å². The van der Waals surface area contributed by atoms with Crippen LogP contribution in [-0.2, 0) is 16.6 Å². The number of nitriles is 1. The molecule has 5 nitrogen and oxygen atoms in total. The topological polar surface area (TPSA) is 81.4 Å². The highest BCUT2D eigenvalue weighted by Gasteiger charge is 2.20. The van der Waals surface area contributed by atoms with Gasteiger partial charge in [-0.25, -0.2) is 8.42 Å². The summed E-state index contributed by atoms with van der Waals surface area (Å²) in [6.45, 7) is 0.165. The second kappa shape index (κ2) is 5.95. The van der Waals surface area contributed by atoms with Gasteiger partial charge in [0.1, 0.15) is 5.75 Å². The van der Waals surface area contributed by atoms with E-state index in [9.17, 15) is 13.5 Å². The van der Waals surface area contributed by atoms with Gasteiger partial charge in [-0.3, -0.25) is 0 Å². The highest BCUT2D eigenvalue weighted by Crippen LogP contribution is 2.19. The van der Waals surface area contributed by atoms with Gasteiger partial charge in [-0.1, -0.05) is 12.1 Å². The molecule has 108 valence electrons. The molecule has 0 bridgehead atoms. The summed E-state index contributed by atoms with van der Waals surface area (Å²) in [6.07, 6.45) is 0. The van der Waals surface area contributed by atoms with Gasteiger partial charge in [0.15, 0.2) is 0 Å². The van der Waals surface area contributed by atoms with Gasteiger partial charge < -0.3 is 5.11 Å². The first-order chi connectivity index (χ1) is 9.93.